The van der Waals surface area contributed by atoms with Gasteiger partial charge in [-0.3, -0.25) is 4.79 Å². The first kappa shape index (κ1) is 19.3. The molecule has 3 rings (SSSR count). The van der Waals surface area contributed by atoms with E-state index in [1.807, 2.05) is 6.92 Å². The van der Waals surface area contributed by atoms with Gasteiger partial charge in [0.1, 0.15) is 11.5 Å². The number of benzene rings is 2. The fourth-order valence-corrected chi connectivity index (χ4v) is 2.61. The molecule has 0 spiro atoms. The molecule has 0 bridgehead atoms. The van der Waals surface area contributed by atoms with Crippen LogP contribution in [-0.4, -0.2) is 38.3 Å². The topological polar surface area (TPSA) is 106 Å². The van der Waals surface area contributed by atoms with E-state index in [1.54, 1.807) is 24.3 Å². The molecule has 28 heavy (non-hydrogen) atoms. The molecule has 1 N–H and O–H groups in total. The van der Waals surface area contributed by atoms with Gasteiger partial charge in [-0.1, -0.05) is 0 Å². The Morgan fingerprint density at radius 1 is 1.04 bits per heavy atom. The van der Waals surface area contributed by atoms with Crippen molar-refractivity contribution in [2.24, 2.45) is 0 Å². The molecule has 1 aliphatic heterocycles. The number of aromatic carboxylic acids is 1. The van der Waals surface area contributed by atoms with Gasteiger partial charge in [0.2, 0.25) is 0 Å². The summed E-state index contributed by atoms with van der Waals surface area (Å²) in [5.74, 6) is -0.0997. The molecule has 0 aromatic heterocycles. The highest BCUT2D eigenvalue weighted by atomic mass is 16.5. The minimum atomic E-state index is -1.43. The molecule has 1 amide bonds. The van der Waals surface area contributed by atoms with Crippen LogP contribution in [0.1, 0.15) is 23.7 Å². The van der Waals surface area contributed by atoms with Crippen LogP contribution in [0.3, 0.4) is 0 Å². The number of fused-ring (bicyclic) bond motifs is 1. The van der Waals surface area contributed by atoms with Gasteiger partial charge in [0.25, 0.3) is 5.91 Å². The van der Waals surface area contributed by atoms with E-state index in [0.717, 1.165) is 0 Å². The molecule has 148 valence electrons. The first-order valence-corrected chi connectivity index (χ1v) is 8.87. The molecule has 0 atom stereocenters. The number of hydrogen-bond donors (Lipinski definition) is 1. The van der Waals surface area contributed by atoms with E-state index < -0.39 is 11.9 Å². The van der Waals surface area contributed by atoms with Crippen LogP contribution in [-0.2, 0) is 4.79 Å². The molecule has 8 nitrogen and oxygen atoms in total. The maximum Gasteiger partial charge on any atom is 0.262 e. The standard InChI is InChI=1S/C20H21NO7/c1-2-25-13-4-6-14(7-5-13)28-12-19(22)21-16-11-18-17(10-15(16)20(23)24)26-8-3-9-27-18/h4-7,10-11H,2-3,8-9,12H2,1H3,(H,21,22)(H,23,24)/p-1. The second kappa shape index (κ2) is 8.98. The first-order chi connectivity index (χ1) is 13.6. The Bertz CT molecular complexity index is 848. The summed E-state index contributed by atoms with van der Waals surface area (Å²) < 4.78 is 21.8. The van der Waals surface area contributed by atoms with Crippen LogP contribution in [0.5, 0.6) is 23.0 Å². The number of carboxylic acid groups (broad SMARTS) is 1. The van der Waals surface area contributed by atoms with Crippen molar-refractivity contribution in [2.75, 3.05) is 31.7 Å². The summed E-state index contributed by atoms with van der Waals surface area (Å²) in [6.07, 6.45) is 0.674. The minimum absolute atomic E-state index is 0.0598. The normalized spacial score (nSPS) is 12.6. The molecule has 1 aliphatic rings. The number of hydrogen-bond acceptors (Lipinski definition) is 7. The van der Waals surface area contributed by atoms with Crippen molar-refractivity contribution in [2.45, 2.75) is 13.3 Å². The van der Waals surface area contributed by atoms with E-state index >= 15 is 0 Å². The van der Waals surface area contributed by atoms with Crippen LogP contribution in [0.15, 0.2) is 36.4 Å². The highest BCUT2D eigenvalue weighted by Crippen LogP contribution is 2.35. The van der Waals surface area contributed by atoms with Crippen LogP contribution in [0.25, 0.3) is 0 Å². The maximum atomic E-state index is 12.2. The summed E-state index contributed by atoms with van der Waals surface area (Å²) in [6, 6.07) is 9.53. The predicted molar refractivity (Wildman–Crippen MR) is 98.1 cm³/mol. The molecule has 2 aromatic carbocycles. The van der Waals surface area contributed by atoms with Crippen molar-refractivity contribution in [1.29, 1.82) is 0 Å². The van der Waals surface area contributed by atoms with E-state index in [4.69, 9.17) is 18.9 Å². The number of amides is 1. The fraction of sp³-hybridized carbons (Fsp3) is 0.300. The van der Waals surface area contributed by atoms with Gasteiger partial charge < -0.3 is 34.2 Å². The summed E-state index contributed by atoms with van der Waals surface area (Å²) in [5.41, 5.74) is -0.136. The molecule has 2 aromatic rings. The van der Waals surface area contributed by atoms with Gasteiger partial charge in [-0.25, -0.2) is 0 Å². The predicted octanol–water partition coefficient (Wildman–Crippen LogP) is 1.63. The number of ether oxygens (including phenoxy) is 4. The molecular weight excluding hydrogens is 366 g/mol. The molecule has 8 heteroatoms. The lowest BCUT2D eigenvalue weighted by Crippen LogP contribution is -2.26. The maximum absolute atomic E-state index is 12.2. The lowest BCUT2D eigenvalue weighted by Gasteiger charge is -2.16. The lowest BCUT2D eigenvalue weighted by atomic mass is 10.1. The molecule has 0 fully saturated rings. The molecule has 0 unspecified atom stereocenters. The number of rotatable bonds is 7. The van der Waals surface area contributed by atoms with E-state index in [2.05, 4.69) is 5.32 Å². The zero-order chi connectivity index (χ0) is 19.9. The molecule has 1 heterocycles. The summed E-state index contributed by atoms with van der Waals surface area (Å²) in [4.78, 5) is 23.7. The van der Waals surface area contributed by atoms with Crippen LogP contribution in [0, 0.1) is 0 Å². The number of nitrogens with one attached hydrogen (secondary N) is 1. The summed E-state index contributed by atoms with van der Waals surface area (Å²) in [6.45, 7) is 3.00. The Balaban J connectivity index is 1.67. The van der Waals surface area contributed by atoms with E-state index in [-0.39, 0.29) is 17.9 Å². The van der Waals surface area contributed by atoms with Crippen molar-refractivity contribution in [3.63, 3.8) is 0 Å². The van der Waals surface area contributed by atoms with Crippen molar-refractivity contribution in [3.8, 4) is 23.0 Å². The van der Waals surface area contributed by atoms with Gasteiger partial charge >= 0.3 is 0 Å². The van der Waals surface area contributed by atoms with Crippen molar-refractivity contribution in [1.82, 2.24) is 0 Å². The molecular formula is C20H20NO7-. The highest BCUT2D eigenvalue weighted by Gasteiger charge is 2.17. The number of carbonyl (C=O) groups excluding carboxylic acids is 2. The quantitative estimate of drug-likeness (QED) is 0.771. The highest BCUT2D eigenvalue weighted by molar-refractivity contribution is 6.01. The Hall–Kier alpha value is -3.42. The van der Waals surface area contributed by atoms with Crippen LogP contribution >= 0.6 is 0 Å². The zero-order valence-electron chi connectivity index (χ0n) is 15.4. The van der Waals surface area contributed by atoms with E-state index in [0.29, 0.717) is 49.2 Å². The second-order valence-electron chi connectivity index (χ2n) is 5.92. The summed E-state index contributed by atoms with van der Waals surface area (Å²) in [7, 11) is 0. The van der Waals surface area contributed by atoms with E-state index in [9.17, 15) is 14.7 Å². The van der Waals surface area contributed by atoms with Crippen LogP contribution in [0.4, 0.5) is 5.69 Å². The second-order valence-corrected chi connectivity index (χ2v) is 5.92. The number of carboxylic acids is 1. The Kier molecular flexibility index (Phi) is 6.21. The molecule has 0 radical (unpaired) electrons. The van der Waals surface area contributed by atoms with Gasteiger partial charge in [-0.15, -0.1) is 0 Å². The largest absolute Gasteiger partial charge is 0.545 e. The SMILES string of the molecule is CCOc1ccc(OCC(=O)Nc2cc3c(cc2C(=O)[O-])OCCCO3)cc1. The molecule has 0 aliphatic carbocycles. The third-order valence-electron chi connectivity index (χ3n) is 3.89. The average Bonchev–Trinajstić information content (AvgIpc) is 2.92. The third kappa shape index (κ3) is 4.85. The lowest BCUT2D eigenvalue weighted by molar-refractivity contribution is -0.254. The third-order valence-corrected chi connectivity index (χ3v) is 3.89. The number of anilines is 1. The average molecular weight is 386 g/mol. The van der Waals surface area contributed by atoms with Gasteiger partial charge in [-0.05, 0) is 37.3 Å². The molecule has 0 saturated carbocycles. The monoisotopic (exact) mass is 386 g/mol. The Morgan fingerprint density at radius 2 is 1.64 bits per heavy atom. The van der Waals surface area contributed by atoms with Crippen LogP contribution < -0.4 is 29.4 Å². The van der Waals surface area contributed by atoms with Gasteiger partial charge in [-0.2, -0.15) is 0 Å². The van der Waals surface area contributed by atoms with Crippen LogP contribution in [0.2, 0.25) is 0 Å². The van der Waals surface area contributed by atoms with Crippen molar-refractivity contribution < 1.29 is 33.6 Å². The number of carbonyl (C=O) groups is 2. The van der Waals surface area contributed by atoms with Crippen molar-refractivity contribution >= 4 is 17.6 Å². The van der Waals surface area contributed by atoms with E-state index in [1.165, 1.54) is 12.1 Å². The van der Waals surface area contributed by atoms with Gasteiger partial charge in [0.15, 0.2) is 18.1 Å². The van der Waals surface area contributed by atoms with Gasteiger partial charge in [0.05, 0.1) is 31.5 Å². The Morgan fingerprint density at radius 3 is 2.25 bits per heavy atom. The Labute approximate surface area is 162 Å². The summed E-state index contributed by atoms with van der Waals surface area (Å²) >= 11 is 0. The minimum Gasteiger partial charge on any atom is -0.545 e. The fourth-order valence-electron chi connectivity index (χ4n) is 2.61. The van der Waals surface area contributed by atoms with Crippen molar-refractivity contribution in [3.05, 3.63) is 42.0 Å². The first-order valence-electron chi connectivity index (χ1n) is 8.87. The molecule has 0 saturated heterocycles. The van der Waals surface area contributed by atoms with Gasteiger partial charge in [0, 0.05) is 18.1 Å². The summed E-state index contributed by atoms with van der Waals surface area (Å²) in [5, 5.41) is 14.0. The smallest absolute Gasteiger partial charge is 0.262 e. The zero-order valence-corrected chi connectivity index (χ0v) is 15.4.